The van der Waals surface area contributed by atoms with Gasteiger partial charge in [0.1, 0.15) is 11.6 Å². The van der Waals surface area contributed by atoms with Gasteiger partial charge in [-0.05, 0) is 36.8 Å². The molecule has 1 heterocycles. The van der Waals surface area contributed by atoms with Crippen LogP contribution in [0.25, 0.3) is 11.3 Å². The first-order chi connectivity index (χ1) is 14.2. The van der Waals surface area contributed by atoms with Gasteiger partial charge in [-0.3, -0.25) is 0 Å². The number of benzene rings is 2. The molecule has 6 nitrogen and oxygen atoms in total. The number of aliphatic hydroxyl groups excluding tert-OH is 1. The molecular formula is C20H18ClF3N4O2. The standard InChI is InChI=1S/C20H18ClF3N4O2/c1-12-5-6-16(15(21)9-12)26-18-11-17(27-19(28-18)25-7-8-29)13-3-2-4-14(10-13)30-20(22,23)24/h2-6,9-11,29H,7-8H2,1H3,(H2,25,26,27,28). The Morgan fingerprint density at radius 2 is 1.90 bits per heavy atom. The van der Waals surface area contributed by atoms with Gasteiger partial charge in [0, 0.05) is 18.2 Å². The Bertz CT molecular complexity index is 1030. The molecule has 30 heavy (non-hydrogen) atoms. The number of hydrogen-bond donors (Lipinski definition) is 3. The Balaban J connectivity index is 1.97. The van der Waals surface area contributed by atoms with Crippen molar-refractivity contribution in [3.8, 4) is 17.0 Å². The fourth-order valence-corrected chi connectivity index (χ4v) is 2.90. The number of aryl methyl sites for hydroxylation is 1. The summed E-state index contributed by atoms with van der Waals surface area (Å²) in [6, 6.07) is 12.5. The molecule has 0 aliphatic carbocycles. The van der Waals surface area contributed by atoms with Crippen LogP contribution in [0, 0.1) is 6.92 Å². The predicted molar refractivity (Wildman–Crippen MR) is 109 cm³/mol. The minimum atomic E-state index is -4.80. The zero-order chi connectivity index (χ0) is 21.7. The number of hydrogen-bond acceptors (Lipinski definition) is 6. The number of halogens is 4. The molecule has 3 aromatic rings. The van der Waals surface area contributed by atoms with E-state index in [0.29, 0.717) is 27.8 Å². The minimum Gasteiger partial charge on any atom is -0.406 e. The minimum absolute atomic E-state index is 0.144. The highest BCUT2D eigenvalue weighted by molar-refractivity contribution is 6.33. The summed E-state index contributed by atoms with van der Waals surface area (Å²) in [6.45, 7) is 1.96. The first-order valence-electron chi connectivity index (χ1n) is 8.87. The molecule has 10 heteroatoms. The molecule has 1 aromatic heterocycles. The monoisotopic (exact) mass is 438 g/mol. The van der Waals surface area contributed by atoms with Crippen molar-refractivity contribution in [3.05, 3.63) is 59.1 Å². The van der Waals surface area contributed by atoms with Crippen molar-refractivity contribution in [1.29, 1.82) is 0 Å². The van der Waals surface area contributed by atoms with E-state index in [0.717, 1.165) is 5.56 Å². The molecule has 0 spiro atoms. The van der Waals surface area contributed by atoms with Crippen LogP contribution in [0.5, 0.6) is 5.75 Å². The maximum Gasteiger partial charge on any atom is 0.573 e. The second-order valence-electron chi connectivity index (χ2n) is 6.30. The number of ether oxygens (including phenoxy) is 1. The Labute approximate surface area is 175 Å². The van der Waals surface area contributed by atoms with E-state index in [2.05, 4.69) is 25.3 Å². The van der Waals surface area contributed by atoms with E-state index in [1.165, 1.54) is 18.2 Å². The first-order valence-corrected chi connectivity index (χ1v) is 9.24. The van der Waals surface area contributed by atoms with Crippen LogP contribution in [0.15, 0.2) is 48.5 Å². The third-order valence-electron chi connectivity index (χ3n) is 3.87. The number of aromatic nitrogens is 2. The molecule has 0 bridgehead atoms. The average molecular weight is 439 g/mol. The van der Waals surface area contributed by atoms with Gasteiger partial charge < -0.3 is 20.5 Å². The highest BCUT2D eigenvalue weighted by atomic mass is 35.5. The van der Waals surface area contributed by atoms with Gasteiger partial charge >= 0.3 is 6.36 Å². The molecule has 0 amide bonds. The van der Waals surface area contributed by atoms with Gasteiger partial charge in [-0.25, -0.2) is 4.98 Å². The summed E-state index contributed by atoms with van der Waals surface area (Å²) in [7, 11) is 0. The molecule has 3 N–H and O–H groups in total. The van der Waals surface area contributed by atoms with Crippen molar-refractivity contribution in [3.63, 3.8) is 0 Å². The van der Waals surface area contributed by atoms with E-state index >= 15 is 0 Å². The molecule has 0 radical (unpaired) electrons. The smallest absolute Gasteiger partial charge is 0.406 e. The Hall–Kier alpha value is -3.04. The van der Waals surface area contributed by atoms with Gasteiger partial charge in [0.15, 0.2) is 0 Å². The van der Waals surface area contributed by atoms with Gasteiger partial charge in [-0.15, -0.1) is 13.2 Å². The largest absolute Gasteiger partial charge is 0.573 e. The van der Waals surface area contributed by atoms with Crippen LogP contribution in [-0.4, -0.2) is 34.6 Å². The van der Waals surface area contributed by atoms with Gasteiger partial charge in [0.05, 0.1) is 23.0 Å². The van der Waals surface area contributed by atoms with E-state index < -0.39 is 6.36 Å². The normalized spacial score (nSPS) is 11.3. The summed E-state index contributed by atoms with van der Waals surface area (Å²) in [5, 5.41) is 15.5. The molecule has 0 unspecified atom stereocenters. The number of anilines is 3. The molecule has 0 fully saturated rings. The van der Waals surface area contributed by atoms with Gasteiger partial charge in [-0.2, -0.15) is 4.98 Å². The number of nitrogens with one attached hydrogen (secondary N) is 2. The third kappa shape index (κ3) is 5.98. The molecule has 2 aromatic carbocycles. The van der Waals surface area contributed by atoms with Crippen molar-refractivity contribution < 1.29 is 23.0 Å². The number of rotatable bonds is 7. The SMILES string of the molecule is Cc1ccc(Nc2cc(-c3cccc(OC(F)(F)F)c3)nc(NCCO)n2)c(Cl)c1. The topological polar surface area (TPSA) is 79.3 Å². The maximum absolute atomic E-state index is 12.5. The molecule has 0 aliphatic rings. The number of alkyl halides is 3. The zero-order valence-corrected chi connectivity index (χ0v) is 16.6. The highest BCUT2D eigenvalue weighted by Crippen LogP contribution is 2.30. The Morgan fingerprint density at radius 3 is 2.60 bits per heavy atom. The molecule has 3 rings (SSSR count). The van der Waals surface area contributed by atoms with E-state index in [-0.39, 0.29) is 24.8 Å². The van der Waals surface area contributed by atoms with Crippen LogP contribution >= 0.6 is 11.6 Å². The molecule has 158 valence electrons. The molecule has 0 aliphatic heterocycles. The third-order valence-corrected chi connectivity index (χ3v) is 4.18. The fourth-order valence-electron chi connectivity index (χ4n) is 2.62. The van der Waals surface area contributed by atoms with E-state index in [1.807, 2.05) is 13.0 Å². The van der Waals surface area contributed by atoms with Crippen molar-refractivity contribution in [2.24, 2.45) is 0 Å². The second-order valence-corrected chi connectivity index (χ2v) is 6.70. The molecular weight excluding hydrogens is 421 g/mol. The molecule has 0 atom stereocenters. The van der Waals surface area contributed by atoms with Crippen molar-refractivity contribution in [2.45, 2.75) is 13.3 Å². The lowest BCUT2D eigenvalue weighted by Gasteiger charge is -2.13. The summed E-state index contributed by atoms with van der Waals surface area (Å²) in [4.78, 5) is 8.64. The van der Waals surface area contributed by atoms with E-state index in [1.54, 1.807) is 24.3 Å². The summed E-state index contributed by atoms with van der Waals surface area (Å²) in [5.41, 5.74) is 2.34. The van der Waals surface area contributed by atoms with E-state index in [4.69, 9.17) is 16.7 Å². The van der Waals surface area contributed by atoms with Crippen molar-refractivity contribution >= 4 is 29.1 Å². The van der Waals surface area contributed by atoms with Crippen molar-refractivity contribution in [2.75, 3.05) is 23.8 Å². The summed E-state index contributed by atoms with van der Waals surface area (Å²) in [5.74, 6) is 0.197. The zero-order valence-electron chi connectivity index (χ0n) is 15.8. The van der Waals surface area contributed by atoms with Crippen LogP contribution in [0.4, 0.5) is 30.6 Å². The number of nitrogens with zero attached hydrogens (tertiary/aromatic N) is 2. The fraction of sp³-hybridized carbons (Fsp3) is 0.200. The van der Waals surface area contributed by atoms with Crippen molar-refractivity contribution in [1.82, 2.24) is 9.97 Å². The van der Waals surface area contributed by atoms with Crippen LogP contribution in [0.2, 0.25) is 5.02 Å². The quantitative estimate of drug-likeness (QED) is 0.473. The lowest BCUT2D eigenvalue weighted by atomic mass is 10.1. The summed E-state index contributed by atoms with van der Waals surface area (Å²) >= 11 is 6.26. The molecule has 0 saturated carbocycles. The molecule has 0 saturated heterocycles. The maximum atomic E-state index is 12.5. The van der Waals surface area contributed by atoms with E-state index in [9.17, 15) is 13.2 Å². The first kappa shape index (κ1) is 21.7. The van der Waals surface area contributed by atoms with Gasteiger partial charge in [0.25, 0.3) is 0 Å². The second kappa shape index (κ2) is 9.19. The van der Waals surface area contributed by atoms with Crippen LogP contribution < -0.4 is 15.4 Å². The summed E-state index contributed by atoms with van der Waals surface area (Å²) in [6.07, 6.45) is -4.80. The predicted octanol–water partition coefficient (Wildman–Crippen LogP) is 5.15. The lowest BCUT2D eigenvalue weighted by molar-refractivity contribution is -0.274. The van der Waals surface area contributed by atoms with Gasteiger partial charge in [0.2, 0.25) is 5.95 Å². The Kier molecular flexibility index (Phi) is 6.63. The highest BCUT2D eigenvalue weighted by Gasteiger charge is 2.31. The average Bonchev–Trinajstić information content (AvgIpc) is 2.67. The van der Waals surface area contributed by atoms with Crippen LogP contribution in [0.1, 0.15) is 5.56 Å². The summed E-state index contributed by atoms with van der Waals surface area (Å²) < 4.78 is 41.6. The van der Waals surface area contributed by atoms with Crippen LogP contribution in [0.3, 0.4) is 0 Å². The van der Waals surface area contributed by atoms with Crippen LogP contribution in [-0.2, 0) is 0 Å². The number of aliphatic hydroxyl groups is 1. The lowest BCUT2D eigenvalue weighted by Crippen LogP contribution is -2.17. The Morgan fingerprint density at radius 1 is 1.10 bits per heavy atom. The van der Waals surface area contributed by atoms with Gasteiger partial charge in [-0.1, -0.05) is 29.8 Å².